The summed E-state index contributed by atoms with van der Waals surface area (Å²) in [6, 6.07) is 9.74. The van der Waals surface area contributed by atoms with Crippen molar-refractivity contribution in [3.05, 3.63) is 71.5 Å². The maximum atomic E-state index is 12.6. The van der Waals surface area contributed by atoms with Gasteiger partial charge in [0, 0.05) is 23.5 Å². The van der Waals surface area contributed by atoms with Gasteiger partial charge in [-0.2, -0.15) is 0 Å². The normalized spacial score (nSPS) is 15.9. The molecule has 166 valence electrons. The van der Waals surface area contributed by atoms with Crippen molar-refractivity contribution >= 4 is 28.9 Å². The summed E-state index contributed by atoms with van der Waals surface area (Å²) in [5.41, 5.74) is 2.30. The average molecular weight is 437 g/mol. The highest BCUT2D eigenvalue weighted by Gasteiger charge is 2.35. The Balaban J connectivity index is 1.47. The van der Waals surface area contributed by atoms with Crippen LogP contribution in [0, 0.1) is 0 Å². The number of urea groups is 1. The summed E-state index contributed by atoms with van der Waals surface area (Å²) in [5, 5.41) is 6.25. The van der Waals surface area contributed by atoms with Crippen LogP contribution in [0.25, 0.3) is 10.9 Å². The van der Waals surface area contributed by atoms with Gasteiger partial charge in [0.25, 0.3) is 0 Å². The van der Waals surface area contributed by atoms with E-state index < -0.39 is 24.0 Å². The maximum Gasteiger partial charge on any atom is 0.338 e. The van der Waals surface area contributed by atoms with Gasteiger partial charge in [0.2, 0.25) is 0 Å². The summed E-state index contributed by atoms with van der Waals surface area (Å²) < 4.78 is 15.9. The van der Waals surface area contributed by atoms with E-state index in [1.54, 1.807) is 19.1 Å². The summed E-state index contributed by atoms with van der Waals surface area (Å²) in [6.45, 7) is 1.56. The van der Waals surface area contributed by atoms with Crippen molar-refractivity contribution in [2.75, 3.05) is 13.2 Å². The SMILES string of the molecule is CCOC(=O)C1=C(COC(=O)CCc2c[nH]c3ccccc23)NC(=O)NC1c1ccco1. The lowest BCUT2D eigenvalue weighted by Gasteiger charge is -2.27. The van der Waals surface area contributed by atoms with Crippen LogP contribution in [0.15, 0.2) is 64.5 Å². The number of amides is 2. The molecule has 1 aromatic carbocycles. The molecule has 0 fully saturated rings. The minimum absolute atomic E-state index is 0.130. The van der Waals surface area contributed by atoms with Crippen LogP contribution in [0.2, 0.25) is 0 Å². The van der Waals surface area contributed by atoms with Gasteiger partial charge in [0.05, 0.1) is 24.1 Å². The quantitative estimate of drug-likeness (QED) is 0.466. The van der Waals surface area contributed by atoms with Gasteiger partial charge in [-0.05, 0) is 37.1 Å². The fraction of sp³-hybridized carbons (Fsp3) is 0.261. The van der Waals surface area contributed by atoms with Crippen LogP contribution in [-0.2, 0) is 25.5 Å². The van der Waals surface area contributed by atoms with Gasteiger partial charge >= 0.3 is 18.0 Å². The largest absolute Gasteiger partial charge is 0.467 e. The Morgan fingerprint density at radius 2 is 1.97 bits per heavy atom. The molecule has 3 heterocycles. The number of aromatic nitrogens is 1. The first-order chi connectivity index (χ1) is 15.6. The van der Waals surface area contributed by atoms with Crippen LogP contribution < -0.4 is 10.6 Å². The van der Waals surface area contributed by atoms with Gasteiger partial charge in [-0.25, -0.2) is 9.59 Å². The molecule has 0 spiro atoms. The topological polar surface area (TPSA) is 123 Å². The number of para-hydroxylation sites is 1. The van der Waals surface area contributed by atoms with Crippen LogP contribution in [-0.4, -0.2) is 36.2 Å². The molecule has 1 aliphatic heterocycles. The van der Waals surface area contributed by atoms with E-state index in [1.807, 2.05) is 30.5 Å². The number of rotatable bonds is 8. The number of H-pyrrole nitrogens is 1. The Kier molecular flexibility index (Phi) is 6.25. The molecule has 3 N–H and O–H groups in total. The fourth-order valence-electron chi connectivity index (χ4n) is 3.65. The minimum atomic E-state index is -0.849. The number of fused-ring (bicyclic) bond motifs is 1. The number of ether oxygens (including phenoxy) is 2. The first-order valence-corrected chi connectivity index (χ1v) is 10.3. The van der Waals surface area contributed by atoms with Gasteiger partial charge in [-0.1, -0.05) is 18.2 Å². The first-order valence-electron chi connectivity index (χ1n) is 10.3. The third-order valence-corrected chi connectivity index (χ3v) is 5.13. The van der Waals surface area contributed by atoms with E-state index >= 15 is 0 Å². The Morgan fingerprint density at radius 1 is 1.12 bits per heavy atom. The van der Waals surface area contributed by atoms with E-state index in [2.05, 4.69) is 15.6 Å². The molecule has 0 radical (unpaired) electrons. The Hall–Kier alpha value is -4.01. The van der Waals surface area contributed by atoms with E-state index in [1.165, 1.54) is 6.26 Å². The molecule has 1 aliphatic rings. The molecule has 3 aromatic rings. The highest BCUT2D eigenvalue weighted by molar-refractivity contribution is 5.95. The van der Waals surface area contributed by atoms with Gasteiger partial charge in [-0.3, -0.25) is 4.79 Å². The van der Waals surface area contributed by atoms with Crippen molar-refractivity contribution in [1.29, 1.82) is 0 Å². The molecule has 4 rings (SSSR count). The van der Waals surface area contributed by atoms with Gasteiger partial charge in [0.1, 0.15) is 18.4 Å². The molecule has 0 saturated carbocycles. The third kappa shape index (κ3) is 4.51. The second-order valence-electron chi connectivity index (χ2n) is 7.18. The maximum absolute atomic E-state index is 12.6. The number of benzene rings is 1. The lowest BCUT2D eigenvalue weighted by molar-refractivity contribution is -0.143. The molecule has 0 aliphatic carbocycles. The van der Waals surface area contributed by atoms with E-state index in [9.17, 15) is 14.4 Å². The van der Waals surface area contributed by atoms with Gasteiger partial charge < -0.3 is 29.5 Å². The molecular formula is C23H23N3O6. The fourth-order valence-corrected chi connectivity index (χ4v) is 3.65. The van der Waals surface area contributed by atoms with Crippen molar-refractivity contribution < 1.29 is 28.3 Å². The molecule has 2 aromatic heterocycles. The molecule has 1 atom stereocenters. The zero-order valence-electron chi connectivity index (χ0n) is 17.5. The van der Waals surface area contributed by atoms with E-state index in [0.717, 1.165) is 16.5 Å². The zero-order valence-corrected chi connectivity index (χ0v) is 17.5. The number of nitrogens with one attached hydrogen (secondary N) is 3. The van der Waals surface area contributed by atoms with E-state index in [0.29, 0.717) is 12.2 Å². The second kappa shape index (κ2) is 9.42. The van der Waals surface area contributed by atoms with Crippen molar-refractivity contribution in [2.24, 2.45) is 0 Å². The van der Waals surface area contributed by atoms with Crippen LogP contribution in [0.5, 0.6) is 0 Å². The van der Waals surface area contributed by atoms with Crippen LogP contribution >= 0.6 is 0 Å². The molecule has 0 bridgehead atoms. The third-order valence-electron chi connectivity index (χ3n) is 5.13. The molecular weight excluding hydrogens is 414 g/mol. The lowest BCUT2D eigenvalue weighted by atomic mass is 10.0. The van der Waals surface area contributed by atoms with Crippen molar-refractivity contribution in [1.82, 2.24) is 15.6 Å². The standard InChI is InChI=1S/C23H23N3O6/c1-2-30-22(28)20-17(25-23(29)26-21(20)18-8-5-11-31-18)13-32-19(27)10-9-14-12-24-16-7-4-3-6-15(14)16/h3-8,11-12,21,24H,2,9-10,13H2,1H3,(H2,25,26,29). The minimum Gasteiger partial charge on any atom is -0.467 e. The summed E-state index contributed by atoms with van der Waals surface area (Å²) in [7, 11) is 0. The average Bonchev–Trinajstić information content (AvgIpc) is 3.46. The van der Waals surface area contributed by atoms with Gasteiger partial charge in [-0.15, -0.1) is 0 Å². The van der Waals surface area contributed by atoms with Gasteiger partial charge in [0.15, 0.2) is 0 Å². The summed E-state index contributed by atoms with van der Waals surface area (Å²) in [4.78, 5) is 40.3. The van der Waals surface area contributed by atoms with Crippen molar-refractivity contribution in [3.63, 3.8) is 0 Å². The number of hydrogen-bond acceptors (Lipinski definition) is 6. The number of aromatic amines is 1. The zero-order chi connectivity index (χ0) is 22.5. The molecule has 9 heteroatoms. The number of furan rings is 1. The Morgan fingerprint density at radius 3 is 2.75 bits per heavy atom. The van der Waals surface area contributed by atoms with E-state index in [4.69, 9.17) is 13.9 Å². The van der Waals surface area contributed by atoms with Crippen molar-refractivity contribution in [2.45, 2.75) is 25.8 Å². The van der Waals surface area contributed by atoms with Crippen LogP contribution in [0.1, 0.15) is 30.7 Å². The summed E-state index contributed by atoms with van der Waals surface area (Å²) in [6.07, 6.45) is 3.96. The molecule has 2 amide bonds. The highest BCUT2D eigenvalue weighted by Crippen LogP contribution is 2.28. The van der Waals surface area contributed by atoms with E-state index in [-0.39, 0.29) is 30.9 Å². The highest BCUT2D eigenvalue weighted by atomic mass is 16.5. The monoisotopic (exact) mass is 437 g/mol. The molecule has 9 nitrogen and oxygen atoms in total. The number of carbonyl (C=O) groups is 3. The van der Waals surface area contributed by atoms with Crippen LogP contribution in [0.4, 0.5) is 4.79 Å². The van der Waals surface area contributed by atoms with Crippen molar-refractivity contribution in [3.8, 4) is 0 Å². The number of carbonyl (C=O) groups excluding carboxylic acids is 3. The Labute approximate surface area is 183 Å². The predicted molar refractivity (Wildman–Crippen MR) is 114 cm³/mol. The number of hydrogen-bond donors (Lipinski definition) is 3. The second-order valence-corrected chi connectivity index (χ2v) is 7.18. The van der Waals surface area contributed by atoms with Crippen LogP contribution in [0.3, 0.4) is 0 Å². The Bertz CT molecular complexity index is 1160. The first kappa shape index (κ1) is 21.2. The number of esters is 2. The summed E-state index contributed by atoms with van der Waals surface area (Å²) in [5.74, 6) is -0.717. The summed E-state index contributed by atoms with van der Waals surface area (Å²) >= 11 is 0. The smallest absolute Gasteiger partial charge is 0.338 e. The number of aryl methyl sites for hydroxylation is 1. The molecule has 1 unspecified atom stereocenters. The lowest BCUT2D eigenvalue weighted by Crippen LogP contribution is -2.47. The molecule has 32 heavy (non-hydrogen) atoms. The molecule has 0 saturated heterocycles. The predicted octanol–water partition coefficient (Wildman–Crippen LogP) is 3.11.